The van der Waals surface area contributed by atoms with Gasteiger partial charge < -0.3 is 5.32 Å². The van der Waals surface area contributed by atoms with Crippen molar-refractivity contribution >= 4 is 23.4 Å². The Kier molecular flexibility index (Phi) is 6.58. The first-order valence-electron chi connectivity index (χ1n) is 7.94. The highest BCUT2D eigenvalue weighted by Crippen LogP contribution is 2.22. The largest absolute Gasteiger partial charge is 0.325 e. The van der Waals surface area contributed by atoms with Gasteiger partial charge in [-0.05, 0) is 62.9 Å². The van der Waals surface area contributed by atoms with Crippen LogP contribution in [0.3, 0.4) is 0 Å². The van der Waals surface area contributed by atoms with Crippen molar-refractivity contribution in [2.75, 3.05) is 24.7 Å². The predicted octanol–water partition coefficient (Wildman–Crippen LogP) is 4.00. The van der Waals surface area contributed by atoms with Gasteiger partial charge in [0.05, 0.1) is 6.04 Å². The molecule has 0 spiro atoms. The van der Waals surface area contributed by atoms with Gasteiger partial charge in [-0.2, -0.15) is 0 Å². The van der Waals surface area contributed by atoms with Gasteiger partial charge in [-0.1, -0.05) is 19.8 Å². The van der Waals surface area contributed by atoms with Crippen LogP contribution in [0.1, 0.15) is 39.0 Å². The molecule has 3 nitrogen and oxygen atoms in total. The topological polar surface area (TPSA) is 32.3 Å². The van der Waals surface area contributed by atoms with Crippen molar-refractivity contribution in [3.8, 4) is 0 Å². The molecule has 1 amide bonds. The van der Waals surface area contributed by atoms with Crippen LogP contribution in [-0.2, 0) is 4.79 Å². The van der Waals surface area contributed by atoms with Gasteiger partial charge in [0.2, 0.25) is 5.91 Å². The fourth-order valence-corrected chi connectivity index (χ4v) is 3.43. The van der Waals surface area contributed by atoms with E-state index in [0.29, 0.717) is 0 Å². The highest BCUT2D eigenvalue weighted by Gasteiger charge is 2.24. The third-order valence-electron chi connectivity index (χ3n) is 3.92. The van der Waals surface area contributed by atoms with Gasteiger partial charge in [-0.25, -0.2) is 0 Å². The van der Waals surface area contributed by atoms with E-state index in [-0.39, 0.29) is 11.9 Å². The predicted molar refractivity (Wildman–Crippen MR) is 91.0 cm³/mol. The molecule has 1 unspecified atom stereocenters. The van der Waals surface area contributed by atoms with Crippen LogP contribution in [0.4, 0.5) is 5.69 Å². The van der Waals surface area contributed by atoms with Crippen molar-refractivity contribution < 1.29 is 4.79 Å². The van der Waals surface area contributed by atoms with E-state index in [4.69, 9.17) is 0 Å². The highest BCUT2D eigenvalue weighted by molar-refractivity contribution is 7.99. The van der Waals surface area contributed by atoms with Crippen LogP contribution in [0.5, 0.6) is 0 Å². The number of carbonyl (C=O) groups is 1. The maximum atomic E-state index is 12.4. The summed E-state index contributed by atoms with van der Waals surface area (Å²) in [4.78, 5) is 15.9. The summed E-state index contributed by atoms with van der Waals surface area (Å²) in [7, 11) is 2.06. The Morgan fingerprint density at radius 2 is 2.05 bits per heavy atom. The minimum Gasteiger partial charge on any atom is -0.325 e. The van der Waals surface area contributed by atoms with Gasteiger partial charge in [0, 0.05) is 10.6 Å². The number of nitrogens with one attached hydrogen (secondary N) is 1. The number of thioether (sulfide) groups is 1. The van der Waals surface area contributed by atoms with Gasteiger partial charge in [0.1, 0.15) is 0 Å². The minimum atomic E-state index is 0.0154. The maximum Gasteiger partial charge on any atom is 0.241 e. The second-order valence-electron chi connectivity index (χ2n) is 5.71. The van der Waals surface area contributed by atoms with Crippen LogP contribution >= 0.6 is 11.8 Å². The van der Waals surface area contributed by atoms with E-state index in [2.05, 4.69) is 36.3 Å². The standard InChI is InChI=1S/C17H26N2OS/c1-3-13-21-15-10-8-14(9-11-15)18-17(20)16-7-5-4-6-12-19(16)2/h8-11,16H,3-7,12-13H2,1-2H3,(H,18,20). The number of carbonyl (C=O) groups excluding carboxylic acids is 1. The van der Waals surface area contributed by atoms with Crippen molar-refractivity contribution in [3.05, 3.63) is 24.3 Å². The van der Waals surface area contributed by atoms with E-state index >= 15 is 0 Å². The average molecular weight is 306 g/mol. The molecule has 2 rings (SSSR count). The van der Waals surface area contributed by atoms with Crippen LogP contribution < -0.4 is 5.32 Å². The molecule has 1 aliphatic heterocycles. The highest BCUT2D eigenvalue weighted by atomic mass is 32.2. The van der Waals surface area contributed by atoms with E-state index in [1.165, 1.54) is 24.2 Å². The number of hydrogen-bond donors (Lipinski definition) is 1. The molecule has 0 aromatic heterocycles. The van der Waals surface area contributed by atoms with Crippen molar-refractivity contribution in [3.63, 3.8) is 0 Å². The number of anilines is 1. The number of nitrogens with zero attached hydrogens (tertiary/aromatic N) is 1. The van der Waals surface area contributed by atoms with Crippen LogP contribution in [0, 0.1) is 0 Å². The average Bonchev–Trinajstić information content (AvgIpc) is 2.71. The van der Waals surface area contributed by atoms with Crippen LogP contribution in [-0.4, -0.2) is 36.2 Å². The van der Waals surface area contributed by atoms with E-state index in [1.807, 2.05) is 23.9 Å². The Labute approximate surface area is 132 Å². The summed E-state index contributed by atoms with van der Waals surface area (Å²) in [5.74, 6) is 1.27. The van der Waals surface area contributed by atoms with Gasteiger partial charge in [0.15, 0.2) is 0 Å². The minimum absolute atomic E-state index is 0.0154. The lowest BCUT2D eigenvalue weighted by atomic mass is 10.1. The van der Waals surface area contributed by atoms with Gasteiger partial charge in [0.25, 0.3) is 0 Å². The molecule has 0 radical (unpaired) electrons. The summed E-state index contributed by atoms with van der Waals surface area (Å²) in [5.41, 5.74) is 0.901. The summed E-state index contributed by atoms with van der Waals surface area (Å²) in [6, 6.07) is 8.21. The van der Waals surface area contributed by atoms with E-state index in [0.717, 1.165) is 30.8 Å². The molecule has 1 N–H and O–H groups in total. The fraction of sp³-hybridized carbons (Fsp3) is 0.588. The molecule has 1 heterocycles. The summed E-state index contributed by atoms with van der Waals surface area (Å²) >= 11 is 1.86. The Morgan fingerprint density at radius 3 is 2.76 bits per heavy atom. The molecule has 4 heteroatoms. The molecule has 1 aliphatic rings. The first-order valence-corrected chi connectivity index (χ1v) is 8.93. The van der Waals surface area contributed by atoms with E-state index in [9.17, 15) is 4.79 Å². The molecule has 0 aliphatic carbocycles. The number of benzene rings is 1. The molecule has 1 fully saturated rings. The van der Waals surface area contributed by atoms with E-state index in [1.54, 1.807) is 0 Å². The number of likely N-dealkylation sites (N-methyl/N-ethyl adjacent to an activating group) is 1. The number of likely N-dealkylation sites (tertiary alicyclic amines) is 1. The van der Waals surface area contributed by atoms with E-state index < -0.39 is 0 Å². The zero-order valence-electron chi connectivity index (χ0n) is 13.1. The van der Waals surface area contributed by atoms with Crippen LogP contribution in [0.25, 0.3) is 0 Å². The molecule has 0 bridgehead atoms. The quantitative estimate of drug-likeness (QED) is 0.835. The molecule has 1 atom stereocenters. The Balaban J connectivity index is 1.92. The Hall–Kier alpha value is -1.00. The van der Waals surface area contributed by atoms with Crippen molar-refractivity contribution in [1.82, 2.24) is 4.90 Å². The van der Waals surface area contributed by atoms with Gasteiger partial charge in [-0.15, -0.1) is 11.8 Å². The lowest BCUT2D eigenvalue weighted by molar-refractivity contribution is -0.120. The van der Waals surface area contributed by atoms with Crippen molar-refractivity contribution in [1.29, 1.82) is 0 Å². The summed E-state index contributed by atoms with van der Waals surface area (Å²) < 4.78 is 0. The third kappa shape index (κ3) is 5.04. The fourth-order valence-electron chi connectivity index (χ4n) is 2.66. The van der Waals surface area contributed by atoms with Crippen LogP contribution in [0.2, 0.25) is 0 Å². The SMILES string of the molecule is CCCSc1ccc(NC(=O)C2CCCCCN2C)cc1. The lowest BCUT2D eigenvalue weighted by Crippen LogP contribution is -2.41. The monoisotopic (exact) mass is 306 g/mol. The van der Waals surface area contributed by atoms with Crippen molar-refractivity contribution in [2.45, 2.75) is 50.0 Å². The molecule has 1 aromatic carbocycles. The summed E-state index contributed by atoms with van der Waals surface area (Å²) in [5, 5.41) is 3.06. The van der Waals surface area contributed by atoms with Gasteiger partial charge >= 0.3 is 0 Å². The zero-order valence-corrected chi connectivity index (χ0v) is 13.9. The zero-order chi connectivity index (χ0) is 15.1. The number of amides is 1. The first kappa shape index (κ1) is 16.4. The molecule has 1 saturated heterocycles. The summed E-state index contributed by atoms with van der Waals surface area (Å²) in [6.45, 7) is 3.20. The smallest absolute Gasteiger partial charge is 0.241 e. The first-order chi connectivity index (χ1) is 10.2. The second kappa shape index (κ2) is 8.44. The number of rotatable bonds is 5. The maximum absolute atomic E-state index is 12.4. The van der Waals surface area contributed by atoms with Crippen LogP contribution in [0.15, 0.2) is 29.2 Å². The Bertz CT molecular complexity index is 447. The molecular formula is C17H26N2OS. The lowest BCUT2D eigenvalue weighted by Gasteiger charge is -2.24. The van der Waals surface area contributed by atoms with Crippen molar-refractivity contribution in [2.24, 2.45) is 0 Å². The summed E-state index contributed by atoms with van der Waals surface area (Å²) in [6.07, 6.45) is 5.72. The van der Waals surface area contributed by atoms with Gasteiger partial charge in [-0.3, -0.25) is 9.69 Å². The Morgan fingerprint density at radius 1 is 1.29 bits per heavy atom. The molecule has 21 heavy (non-hydrogen) atoms. The third-order valence-corrected chi connectivity index (χ3v) is 5.14. The molecular weight excluding hydrogens is 280 g/mol. The molecule has 116 valence electrons. The second-order valence-corrected chi connectivity index (χ2v) is 6.88. The molecule has 1 aromatic rings. The molecule has 0 saturated carbocycles. The number of hydrogen-bond acceptors (Lipinski definition) is 3. The normalized spacial score (nSPS) is 20.0.